The highest BCUT2D eigenvalue weighted by molar-refractivity contribution is 4.91. The van der Waals surface area contributed by atoms with Crippen molar-refractivity contribution in [2.24, 2.45) is 7.05 Å². The summed E-state index contributed by atoms with van der Waals surface area (Å²) >= 11 is 0. The van der Waals surface area contributed by atoms with Crippen LogP contribution >= 0.6 is 0 Å². The zero-order chi connectivity index (χ0) is 11.4. The summed E-state index contributed by atoms with van der Waals surface area (Å²) in [5, 5.41) is 11.5. The lowest BCUT2D eigenvalue weighted by Gasteiger charge is -2.09. The topological polar surface area (TPSA) is 52.0 Å². The molecule has 1 atom stereocenters. The van der Waals surface area contributed by atoms with Crippen molar-refractivity contribution in [1.29, 1.82) is 0 Å². The Morgan fingerprint density at radius 3 is 3.00 bits per heavy atom. The second-order valence-corrected chi connectivity index (χ2v) is 4.32. The Morgan fingerprint density at radius 1 is 1.50 bits per heavy atom. The Labute approximate surface area is 96.2 Å². The lowest BCUT2D eigenvalue weighted by Crippen LogP contribution is -2.21. The third kappa shape index (κ3) is 2.80. The first-order chi connectivity index (χ1) is 7.77. The number of aromatic nitrogens is 3. The molecule has 90 valence electrons. The van der Waals surface area contributed by atoms with Crippen LogP contribution in [0, 0.1) is 6.92 Å². The van der Waals surface area contributed by atoms with Crippen LogP contribution < -0.4 is 5.32 Å². The normalized spacial score (nSPS) is 20.5. The summed E-state index contributed by atoms with van der Waals surface area (Å²) in [5.74, 6) is 1.95. The highest BCUT2D eigenvalue weighted by Crippen LogP contribution is 2.14. The van der Waals surface area contributed by atoms with Crippen LogP contribution in [0.3, 0.4) is 0 Å². The van der Waals surface area contributed by atoms with Gasteiger partial charge >= 0.3 is 0 Å². The fourth-order valence-electron chi connectivity index (χ4n) is 1.94. The predicted molar refractivity (Wildman–Crippen MR) is 61.0 cm³/mol. The molecule has 0 aromatic carbocycles. The number of nitrogens with zero attached hydrogens (tertiary/aromatic N) is 3. The van der Waals surface area contributed by atoms with Gasteiger partial charge in [-0.1, -0.05) is 0 Å². The van der Waals surface area contributed by atoms with E-state index in [1.165, 1.54) is 12.8 Å². The van der Waals surface area contributed by atoms with Crippen LogP contribution in [0.5, 0.6) is 0 Å². The molecule has 1 saturated heterocycles. The molecule has 0 amide bonds. The van der Waals surface area contributed by atoms with Crippen molar-refractivity contribution in [2.45, 2.75) is 38.8 Å². The van der Waals surface area contributed by atoms with E-state index in [9.17, 15) is 0 Å². The van der Waals surface area contributed by atoms with Crippen LogP contribution in [0.1, 0.15) is 30.9 Å². The minimum Gasteiger partial charge on any atom is -0.378 e. The maximum atomic E-state index is 5.56. The maximum absolute atomic E-state index is 5.56. The third-order valence-corrected chi connectivity index (χ3v) is 3.13. The number of nitrogens with one attached hydrogen (secondary N) is 1. The van der Waals surface area contributed by atoms with Crippen LogP contribution in [0.15, 0.2) is 0 Å². The lowest BCUT2D eigenvalue weighted by molar-refractivity contribution is 0.104. The van der Waals surface area contributed by atoms with Crippen LogP contribution in [0.4, 0.5) is 0 Å². The Bertz CT molecular complexity index is 331. The monoisotopic (exact) mass is 224 g/mol. The average Bonchev–Trinajstić information content (AvgIpc) is 2.88. The molecule has 2 rings (SSSR count). The van der Waals surface area contributed by atoms with Crippen LogP contribution in [0.25, 0.3) is 0 Å². The molecule has 2 heterocycles. The van der Waals surface area contributed by atoms with Gasteiger partial charge in [-0.2, -0.15) is 0 Å². The van der Waals surface area contributed by atoms with Crippen LogP contribution in [0.2, 0.25) is 0 Å². The molecule has 1 unspecified atom stereocenters. The van der Waals surface area contributed by atoms with E-state index in [-0.39, 0.29) is 0 Å². The minimum atomic E-state index is 0.466. The molecule has 0 saturated carbocycles. The van der Waals surface area contributed by atoms with E-state index in [0.29, 0.717) is 6.10 Å². The summed E-state index contributed by atoms with van der Waals surface area (Å²) in [6.45, 7) is 4.66. The molecule has 5 heteroatoms. The quantitative estimate of drug-likeness (QED) is 0.751. The number of hydrogen-bond acceptors (Lipinski definition) is 4. The van der Waals surface area contributed by atoms with E-state index in [0.717, 1.165) is 37.8 Å². The molecule has 1 aromatic rings. The number of hydrogen-bond donors (Lipinski definition) is 1. The van der Waals surface area contributed by atoms with Crippen molar-refractivity contribution in [2.75, 3.05) is 13.2 Å². The van der Waals surface area contributed by atoms with E-state index in [1.807, 2.05) is 18.5 Å². The summed E-state index contributed by atoms with van der Waals surface area (Å²) in [6.07, 6.45) is 3.99. The van der Waals surface area contributed by atoms with Crippen molar-refractivity contribution in [3.63, 3.8) is 0 Å². The molecule has 5 nitrogen and oxygen atoms in total. The first-order valence-corrected chi connectivity index (χ1v) is 5.94. The van der Waals surface area contributed by atoms with Gasteiger partial charge in [0.2, 0.25) is 0 Å². The van der Waals surface area contributed by atoms with Crippen molar-refractivity contribution in [3.05, 3.63) is 11.6 Å². The smallest absolute Gasteiger partial charge is 0.146 e. The average molecular weight is 224 g/mol. The van der Waals surface area contributed by atoms with Gasteiger partial charge in [-0.25, -0.2) is 0 Å². The molecule has 0 radical (unpaired) electrons. The zero-order valence-electron chi connectivity index (χ0n) is 10.1. The number of ether oxygens (including phenoxy) is 1. The van der Waals surface area contributed by atoms with E-state index >= 15 is 0 Å². The summed E-state index contributed by atoms with van der Waals surface area (Å²) < 4.78 is 7.57. The van der Waals surface area contributed by atoms with Crippen molar-refractivity contribution >= 4 is 0 Å². The minimum absolute atomic E-state index is 0.466. The molecule has 0 spiro atoms. The Balaban J connectivity index is 1.66. The summed E-state index contributed by atoms with van der Waals surface area (Å²) in [6, 6.07) is 0. The lowest BCUT2D eigenvalue weighted by atomic mass is 10.2. The van der Waals surface area contributed by atoms with Gasteiger partial charge < -0.3 is 14.6 Å². The van der Waals surface area contributed by atoms with Gasteiger partial charge in [-0.3, -0.25) is 0 Å². The molecular formula is C11H20N4O. The van der Waals surface area contributed by atoms with Crippen molar-refractivity contribution < 1.29 is 4.74 Å². The molecule has 1 N–H and O–H groups in total. The van der Waals surface area contributed by atoms with E-state index in [2.05, 4.69) is 15.5 Å². The molecule has 0 aliphatic carbocycles. The van der Waals surface area contributed by atoms with Crippen LogP contribution in [-0.4, -0.2) is 34.0 Å². The van der Waals surface area contributed by atoms with Gasteiger partial charge in [-0.15, -0.1) is 10.2 Å². The first kappa shape index (κ1) is 11.5. The summed E-state index contributed by atoms with van der Waals surface area (Å²) in [4.78, 5) is 0. The first-order valence-electron chi connectivity index (χ1n) is 5.94. The van der Waals surface area contributed by atoms with Gasteiger partial charge in [0.05, 0.1) is 12.6 Å². The Morgan fingerprint density at radius 2 is 2.38 bits per heavy atom. The number of rotatable bonds is 5. The van der Waals surface area contributed by atoms with Crippen LogP contribution in [-0.2, 0) is 18.3 Å². The van der Waals surface area contributed by atoms with Gasteiger partial charge in [0.1, 0.15) is 11.6 Å². The standard InChI is InChI=1S/C11H20N4O/c1-9-13-14-11(15(9)2)8-12-6-5-10-4-3-7-16-10/h10,12H,3-8H2,1-2H3. The molecule has 16 heavy (non-hydrogen) atoms. The fraction of sp³-hybridized carbons (Fsp3) is 0.818. The second kappa shape index (κ2) is 5.41. The SMILES string of the molecule is Cc1nnc(CNCCC2CCCO2)n1C. The van der Waals surface area contributed by atoms with E-state index in [1.54, 1.807) is 0 Å². The van der Waals surface area contributed by atoms with Gasteiger partial charge in [-0.05, 0) is 32.7 Å². The van der Waals surface area contributed by atoms with Crippen molar-refractivity contribution in [3.8, 4) is 0 Å². The highest BCUT2D eigenvalue weighted by atomic mass is 16.5. The molecule has 1 aromatic heterocycles. The molecule has 1 fully saturated rings. The Kier molecular flexibility index (Phi) is 3.90. The summed E-state index contributed by atoms with van der Waals surface area (Å²) in [5.41, 5.74) is 0. The number of aryl methyl sites for hydroxylation is 1. The van der Waals surface area contributed by atoms with Gasteiger partial charge in [0.15, 0.2) is 0 Å². The second-order valence-electron chi connectivity index (χ2n) is 4.32. The van der Waals surface area contributed by atoms with E-state index in [4.69, 9.17) is 4.74 Å². The molecular weight excluding hydrogens is 204 g/mol. The molecule has 1 aliphatic heterocycles. The van der Waals surface area contributed by atoms with E-state index < -0.39 is 0 Å². The fourth-order valence-corrected chi connectivity index (χ4v) is 1.94. The third-order valence-electron chi connectivity index (χ3n) is 3.13. The summed E-state index contributed by atoms with van der Waals surface area (Å²) in [7, 11) is 1.99. The van der Waals surface area contributed by atoms with Gasteiger partial charge in [0.25, 0.3) is 0 Å². The predicted octanol–water partition coefficient (Wildman–Crippen LogP) is 0.782. The zero-order valence-corrected chi connectivity index (χ0v) is 10.1. The van der Waals surface area contributed by atoms with Gasteiger partial charge in [0, 0.05) is 13.7 Å². The van der Waals surface area contributed by atoms with Crippen molar-refractivity contribution in [1.82, 2.24) is 20.1 Å². The highest BCUT2D eigenvalue weighted by Gasteiger charge is 2.14. The molecule has 0 bridgehead atoms. The molecule has 1 aliphatic rings. The maximum Gasteiger partial charge on any atom is 0.146 e. The largest absolute Gasteiger partial charge is 0.378 e. The Hall–Kier alpha value is -0.940.